The Morgan fingerprint density at radius 3 is 2.38 bits per heavy atom. The predicted octanol–water partition coefficient (Wildman–Crippen LogP) is 3.00. The summed E-state index contributed by atoms with van der Waals surface area (Å²) in [5.41, 5.74) is 1.28. The number of carbonyl (C=O) groups excluding carboxylic acids is 1. The molecule has 1 aliphatic rings. The molecule has 1 fully saturated rings. The molecule has 0 saturated carbocycles. The molecular weight excluding hydrogens is 326 g/mol. The number of hydrogen-bond donors (Lipinski definition) is 0. The molecule has 5 nitrogen and oxygen atoms in total. The Morgan fingerprint density at radius 2 is 1.71 bits per heavy atom. The Balaban J connectivity index is 1.82. The lowest BCUT2D eigenvalue weighted by molar-refractivity contribution is 0.0734. The van der Waals surface area contributed by atoms with Crippen molar-refractivity contribution in [1.82, 2.24) is 4.31 Å². The Hall–Kier alpha value is -2.18. The highest BCUT2D eigenvalue weighted by Gasteiger charge is 2.27. The molecule has 1 saturated heterocycles. The van der Waals surface area contributed by atoms with E-state index in [0.29, 0.717) is 18.8 Å². The van der Waals surface area contributed by atoms with E-state index in [4.69, 9.17) is 4.74 Å². The first kappa shape index (κ1) is 16.7. The van der Waals surface area contributed by atoms with E-state index in [1.54, 1.807) is 24.3 Å². The molecule has 24 heavy (non-hydrogen) atoms. The average molecular weight is 345 g/mol. The average Bonchev–Trinajstić information content (AvgIpc) is 3.12. The van der Waals surface area contributed by atoms with Crippen LogP contribution in [0.2, 0.25) is 0 Å². The summed E-state index contributed by atoms with van der Waals surface area (Å²) in [6, 6.07) is 13.1. The minimum absolute atomic E-state index is 0.128. The van der Waals surface area contributed by atoms with Gasteiger partial charge < -0.3 is 4.74 Å². The van der Waals surface area contributed by atoms with Crippen LogP contribution in [-0.4, -0.2) is 31.8 Å². The van der Waals surface area contributed by atoms with E-state index in [1.807, 2.05) is 19.1 Å². The van der Waals surface area contributed by atoms with Crippen LogP contribution in [0.3, 0.4) is 0 Å². The van der Waals surface area contributed by atoms with E-state index in [0.717, 1.165) is 18.4 Å². The van der Waals surface area contributed by atoms with Crippen LogP contribution in [0.25, 0.3) is 0 Å². The molecule has 0 amide bonds. The first-order valence-corrected chi connectivity index (χ1v) is 9.30. The highest BCUT2D eigenvalue weighted by atomic mass is 32.2. The minimum atomic E-state index is -3.55. The van der Waals surface area contributed by atoms with Gasteiger partial charge in [0.15, 0.2) is 0 Å². The number of nitrogens with zero attached hydrogens (tertiary/aromatic N) is 1. The van der Waals surface area contributed by atoms with Gasteiger partial charge in [0.25, 0.3) is 0 Å². The van der Waals surface area contributed by atoms with Crippen LogP contribution < -0.4 is 4.74 Å². The Labute approximate surface area is 141 Å². The first-order valence-electron chi connectivity index (χ1n) is 7.86. The maximum absolute atomic E-state index is 12.6. The summed E-state index contributed by atoms with van der Waals surface area (Å²) in [4.78, 5) is 12.4. The van der Waals surface area contributed by atoms with E-state index in [1.165, 1.54) is 16.4 Å². The van der Waals surface area contributed by atoms with Gasteiger partial charge in [0.05, 0.1) is 10.5 Å². The zero-order chi connectivity index (χ0) is 17.2. The van der Waals surface area contributed by atoms with Crippen molar-refractivity contribution in [3.05, 3.63) is 59.7 Å². The summed E-state index contributed by atoms with van der Waals surface area (Å²) < 4.78 is 31.9. The quantitative estimate of drug-likeness (QED) is 0.631. The fraction of sp³-hybridized carbons (Fsp3) is 0.278. The largest absolute Gasteiger partial charge is 0.423 e. The first-order chi connectivity index (χ1) is 11.5. The number of aryl methyl sites for hydroxylation is 1. The van der Waals surface area contributed by atoms with Gasteiger partial charge in [-0.05, 0) is 50.1 Å². The van der Waals surface area contributed by atoms with Gasteiger partial charge in [-0.1, -0.05) is 23.8 Å². The second kappa shape index (κ2) is 6.75. The van der Waals surface area contributed by atoms with Crippen LogP contribution >= 0.6 is 0 Å². The Morgan fingerprint density at radius 1 is 1.04 bits per heavy atom. The number of ether oxygens (including phenoxy) is 1. The zero-order valence-corrected chi connectivity index (χ0v) is 14.3. The van der Waals surface area contributed by atoms with Crippen LogP contribution in [0.1, 0.15) is 28.8 Å². The van der Waals surface area contributed by atoms with Gasteiger partial charge in [0.1, 0.15) is 5.75 Å². The molecule has 0 radical (unpaired) electrons. The highest BCUT2D eigenvalue weighted by Crippen LogP contribution is 2.22. The molecule has 0 bridgehead atoms. The van der Waals surface area contributed by atoms with E-state index in [-0.39, 0.29) is 10.5 Å². The van der Waals surface area contributed by atoms with Gasteiger partial charge >= 0.3 is 5.97 Å². The van der Waals surface area contributed by atoms with E-state index in [2.05, 4.69) is 0 Å². The maximum Gasteiger partial charge on any atom is 0.343 e. The van der Waals surface area contributed by atoms with Crippen molar-refractivity contribution < 1.29 is 17.9 Å². The van der Waals surface area contributed by atoms with Crippen LogP contribution in [0.15, 0.2) is 53.4 Å². The van der Waals surface area contributed by atoms with Gasteiger partial charge in [0, 0.05) is 13.1 Å². The fourth-order valence-electron chi connectivity index (χ4n) is 2.63. The number of benzene rings is 2. The number of rotatable bonds is 4. The SMILES string of the molecule is Cc1ccc(OC(=O)c2cccc(S(=O)(=O)N3CCCC3)c2)cc1. The van der Waals surface area contributed by atoms with Gasteiger partial charge in [0.2, 0.25) is 10.0 Å². The van der Waals surface area contributed by atoms with Gasteiger partial charge in [-0.3, -0.25) is 0 Å². The standard InChI is InChI=1S/C18H19NO4S/c1-14-7-9-16(10-8-14)23-18(20)15-5-4-6-17(13-15)24(21,22)19-11-2-3-12-19/h4-10,13H,2-3,11-12H2,1H3. The summed E-state index contributed by atoms with van der Waals surface area (Å²) in [7, 11) is -3.55. The maximum atomic E-state index is 12.6. The number of sulfonamides is 1. The Kier molecular flexibility index (Phi) is 4.69. The second-order valence-electron chi connectivity index (χ2n) is 5.84. The molecule has 6 heteroatoms. The van der Waals surface area contributed by atoms with Crippen LogP contribution in [-0.2, 0) is 10.0 Å². The monoisotopic (exact) mass is 345 g/mol. The molecule has 0 atom stereocenters. The van der Waals surface area contributed by atoms with Gasteiger partial charge in [-0.15, -0.1) is 0 Å². The third kappa shape index (κ3) is 3.49. The van der Waals surface area contributed by atoms with Crippen molar-refractivity contribution in [3.8, 4) is 5.75 Å². The summed E-state index contributed by atoms with van der Waals surface area (Å²) in [5.74, 6) is -0.143. The molecule has 0 unspecified atom stereocenters. The number of carbonyl (C=O) groups is 1. The molecule has 2 aromatic carbocycles. The molecule has 1 aliphatic heterocycles. The van der Waals surface area contributed by atoms with E-state index in [9.17, 15) is 13.2 Å². The van der Waals surface area contributed by atoms with Crippen molar-refractivity contribution >= 4 is 16.0 Å². The highest BCUT2D eigenvalue weighted by molar-refractivity contribution is 7.89. The van der Waals surface area contributed by atoms with E-state index < -0.39 is 16.0 Å². The third-order valence-corrected chi connectivity index (χ3v) is 5.90. The zero-order valence-electron chi connectivity index (χ0n) is 13.4. The Bertz CT molecular complexity index is 838. The summed E-state index contributed by atoms with van der Waals surface area (Å²) in [6.45, 7) is 3.00. The van der Waals surface area contributed by atoms with Crippen LogP contribution in [0.5, 0.6) is 5.75 Å². The number of hydrogen-bond acceptors (Lipinski definition) is 4. The second-order valence-corrected chi connectivity index (χ2v) is 7.78. The van der Waals surface area contributed by atoms with Crippen molar-refractivity contribution in [2.45, 2.75) is 24.7 Å². The molecule has 0 aromatic heterocycles. The third-order valence-electron chi connectivity index (χ3n) is 4.00. The van der Waals surface area contributed by atoms with Crippen molar-refractivity contribution in [1.29, 1.82) is 0 Å². The molecule has 2 aromatic rings. The number of esters is 1. The molecule has 0 N–H and O–H groups in total. The lowest BCUT2D eigenvalue weighted by Crippen LogP contribution is -2.28. The lowest BCUT2D eigenvalue weighted by Gasteiger charge is -2.15. The van der Waals surface area contributed by atoms with Gasteiger partial charge in [-0.25, -0.2) is 13.2 Å². The summed E-state index contributed by atoms with van der Waals surface area (Å²) >= 11 is 0. The van der Waals surface area contributed by atoms with Crippen molar-refractivity contribution in [3.63, 3.8) is 0 Å². The van der Waals surface area contributed by atoms with Crippen LogP contribution in [0.4, 0.5) is 0 Å². The molecule has 0 spiro atoms. The molecule has 3 rings (SSSR count). The van der Waals surface area contributed by atoms with Gasteiger partial charge in [-0.2, -0.15) is 4.31 Å². The normalized spacial score (nSPS) is 15.4. The molecule has 0 aliphatic carbocycles. The predicted molar refractivity (Wildman–Crippen MR) is 90.6 cm³/mol. The fourth-order valence-corrected chi connectivity index (χ4v) is 4.20. The van der Waals surface area contributed by atoms with Crippen molar-refractivity contribution in [2.24, 2.45) is 0 Å². The summed E-state index contributed by atoms with van der Waals surface area (Å²) in [5, 5.41) is 0. The topological polar surface area (TPSA) is 63.7 Å². The minimum Gasteiger partial charge on any atom is -0.423 e. The summed E-state index contributed by atoms with van der Waals surface area (Å²) in [6.07, 6.45) is 1.74. The molecular formula is C18H19NO4S. The molecule has 126 valence electrons. The van der Waals surface area contributed by atoms with E-state index >= 15 is 0 Å². The smallest absolute Gasteiger partial charge is 0.343 e. The van der Waals surface area contributed by atoms with Crippen LogP contribution in [0, 0.1) is 6.92 Å². The van der Waals surface area contributed by atoms with Crippen molar-refractivity contribution in [2.75, 3.05) is 13.1 Å². The lowest BCUT2D eigenvalue weighted by atomic mass is 10.2. The molecule has 1 heterocycles.